The van der Waals surface area contributed by atoms with Crippen LogP contribution in [-0.2, 0) is 16.6 Å². The van der Waals surface area contributed by atoms with Crippen molar-refractivity contribution in [2.24, 2.45) is 10.9 Å². The summed E-state index contributed by atoms with van der Waals surface area (Å²) in [5, 5.41) is 6.34. The van der Waals surface area contributed by atoms with Crippen molar-refractivity contribution in [2.75, 3.05) is 26.7 Å². The highest BCUT2D eigenvalue weighted by Crippen LogP contribution is 2.30. The number of nitrogens with one attached hydrogen (secondary N) is 2. The number of hydrogen-bond donors (Lipinski definition) is 2. The monoisotopic (exact) mass is 412 g/mol. The van der Waals surface area contributed by atoms with Gasteiger partial charge in [0.2, 0.25) is 0 Å². The molecule has 2 rings (SSSR count). The number of halogens is 3. The Bertz CT molecular complexity index is 723. The predicted molar refractivity (Wildman–Crippen MR) is 96.5 cm³/mol. The van der Waals surface area contributed by atoms with E-state index in [9.17, 15) is 21.6 Å². The van der Waals surface area contributed by atoms with Crippen LogP contribution in [0.5, 0.6) is 0 Å². The first-order valence-electron chi connectivity index (χ1n) is 8.19. The van der Waals surface area contributed by atoms with Crippen molar-refractivity contribution in [1.29, 1.82) is 0 Å². The number of guanidine groups is 1. The van der Waals surface area contributed by atoms with Gasteiger partial charge in [0.15, 0.2) is 5.96 Å². The zero-order valence-corrected chi connectivity index (χ0v) is 16.3. The SMILES string of the molecule is CN=C(NCc1ccc(C)s1)NCC1CCN(S(=O)(=O)C(F)(F)F)CC1. The molecule has 0 atom stereocenters. The number of nitrogens with zero attached hydrogens (tertiary/aromatic N) is 2. The first-order chi connectivity index (χ1) is 12.1. The van der Waals surface area contributed by atoms with Crippen molar-refractivity contribution in [3.05, 3.63) is 21.9 Å². The smallest absolute Gasteiger partial charge is 0.356 e. The topological polar surface area (TPSA) is 73.8 Å². The summed E-state index contributed by atoms with van der Waals surface area (Å²) in [6.07, 6.45) is 0.757. The molecule has 0 unspecified atom stereocenters. The molecule has 0 radical (unpaired) electrons. The lowest BCUT2D eigenvalue weighted by molar-refractivity contribution is -0.0496. The number of piperidine rings is 1. The van der Waals surface area contributed by atoms with Gasteiger partial charge in [-0.1, -0.05) is 0 Å². The van der Waals surface area contributed by atoms with E-state index in [0.29, 0.717) is 36.2 Å². The van der Waals surface area contributed by atoms with Crippen LogP contribution in [0.4, 0.5) is 13.2 Å². The summed E-state index contributed by atoms with van der Waals surface area (Å²) >= 11 is 1.69. The second-order valence-corrected chi connectivity index (χ2v) is 9.41. The maximum Gasteiger partial charge on any atom is 0.511 e. The summed E-state index contributed by atoms with van der Waals surface area (Å²) in [7, 11) is -3.57. The highest BCUT2D eigenvalue weighted by molar-refractivity contribution is 7.90. The second kappa shape index (κ2) is 8.57. The van der Waals surface area contributed by atoms with Crippen LogP contribution in [0.1, 0.15) is 22.6 Å². The molecule has 1 aliphatic rings. The molecule has 0 spiro atoms. The van der Waals surface area contributed by atoms with Crippen molar-refractivity contribution in [1.82, 2.24) is 14.9 Å². The fourth-order valence-electron chi connectivity index (χ4n) is 2.71. The number of aliphatic imine (C=N–C) groups is 1. The van der Waals surface area contributed by atoms with Gasteiger partial charge in [0.05, 0.1) is 6.54 Å². The van der Waals surface area contributed by atoms with Gasteiger partial charge in [-0.2, -0.15) is 17.5 Å². The van der Waals surface area contributed by atoms with E-state index in [-0.39, 0.29) is 19.0 Å². The quantitative estimate of drug-likeness (QED) is 0.575. The molecule has 1 saturated heterocycles. The van der Waals surface area contributed by atoms with Gasteiger partial charge in [0.1, 0.15) is 0 Å². The summed E-state index contributed by atoms with van der Waals surface area (Å²) in [4.78, 5) is 6.53. The fourth-order valence-corrected chi connectivity index (χ4v) is 4.53. The summed E-state index contributed by atoms with van der Waals surface area (Å²) in [6, 6.07) is 4.08. The highest BCUT2D eigenvalue weighted by atomic mass is 32.2. The molecule has 1 aliphatic heterocycles. The van der Waals surface area contributed by atoms with Gasteiger partial charge in [0.25, 0.3) is 0 Å². The average Bonchev–Trinajstić information content (AvgIpc) is 3.00. The van der Waals surface area contributed by atoms with E-state index < -0.39 is 15.5 Å². The fraction of sp³-hybridized carbons (Fsp3) is 0.667. The Morgan fingerprint density at radius 3 is 2.46 bits per heavy atom. The largest absolute Gasteiger partial charge is 0.511 e. The first-order valence-corrected chi connectivity index (χ1v) is 10.5. The molecule has 2 heterocycles. The van der Waals surface area contributed by atoms with Gasteiger partial charge in [0, 0.05) is 36.4 Å². The molecule has 26 heavy (non-hydrogen) atoms. The highest BCUT2D eigenvalue weighted by Gasteiger charge is 2.50. The van der Waals surface area contributed by atoms with Crippen molar-refractivity contribution < 1.29 is 21.6 Å². The first kappa shape index (κ1) is 21.0. The van der Waals surface area contributed by atoms with E-state index in [0.717, 1.165) is 0 Å². The van der Waals surface area contributed by atoms with Crippen LogP contribution in [0.25, 0.3) is 0 Å². The van der Waals surface area contributed by atoms with Gasteiger partial charge < -0.3 is 10.6 Å². The Morgan fingerprint density at radius 2 is 1.96 bits per heavy atom. The third-order valence-electron chi connectivity index (χ3n) is 4.21. The number of rotatable bonds is 5. The van der Waals surface area contributed by atoms with Crippen molar-refractivity contribution in [2.45, 2.75) is 31.8 Å². The minimum absolute atomic E-state index is 0.0946. The second-order valence-electron chi connectivity index (χ2n) is 6.11. The third-order valence-corrected chi connectivity index (χ3v) is 6.84. The minimum Gasteiger partial charge on any atom is -0.356 e. The van der Waals surface area contributed by atoms with E-state index in [2.05, 4.69) is 15.6 Å². The maximum absolute atomic E-state index is 12.6. The molecule has 2 N–H and O–H groups in total. The summed E-state index contributed by atoms with van der Waals surface area (Å²) in [6.45, 7) is 2.97. The normalized spacial score (nSPS) is 18.1. The lowest BCUT2D eigenvalue weighted by atomic mass is 9.98. The summed E-state index contributed by atoms with van der Waals surface area (Å²) in [5.74, 6) is 0.707. The number of thiophene rings is 1. The van der Waals surface area contributed by atoms with E-state index in [1.54, 1.807) is 18.4 Å². The Hall–Kier alpha value is -1.33. The Labute approximate surface area is 155 Å². The molecule has 11 heteroatoms. The van der Waals surface area contributed by atoms with E-state index in [4.69, 9.17) is 0 Å². The zero-order chi connectivity index (χ0) is 19.4. The number of alkyl halides is 3. The molecule has 0 bridgehead atoms. The Balaban J connectivity index is 1.76. The molecular weight excluding hydrogens is 389 g/mol. The zero-order valence-electron chi connectivity index (χ0n) is 14.6. The van der Waals surface area contributed by atoms with Crippen molar-refractivity contribution in [3.8, 4) is 0 Å². The number of aryl methyl sites for hydroxylation is 1. The summed E-state index contributed by atoms with van der Waals surface area (Å²) in [5.41, 5.74) is -5.23. The average molecular weight is 413 g/mol. The van der Waals surface area contributed by atoms with E-state index in [1.165, 1.54) is 9.75 Å². The molecule has 1 aromatic rings. The van der Waals surface area contributed by atoms with Crippen LogP contribution in [0.2, 0.25) is 0 Å². The number of sulfonamides is 1. The van der Waals surface area contributed by atoms with Gasteiger partial charge in [-0.05, 0) is 37.8 Å². The Kier molecular flexibility index (Phi) is 6.92. The standard InChI is InChI=1S/C15H23F3N4O2S2/c1-11-3-4-13(25-11)10-21-14(19-2)20-9-12-5-7-22(8-6-12)26(23,24)15(16,17)18/h3-4,12H,5-10H2,1-2H3,(H2,19,20,21). The van der Waals surface area contributed by atoms with Crippen LogP contribution in [0, 0.1) is 12.8 Å². The van der Waals surface area contributed by atoms with Crippen LogP contribution < -0.4 is 10.6 Å². The lowest BCUT2D eigenvalue weighted by Crippen LogP contribution is -2.47. The minimum atomic E-state index is -5.23. The molecule has 1 fully saturated rings. The molecule has 0 amide bonds. The summed E-state index contributed by atoms with van der Waals surface area (Å²) < 4.78 is 61.1. The number of hydrogen-bond acceptors (Lipinski definition) is 4. The molecule has 6 nitrogen and oxygen atoms in total. The third kappa shape index (κ3) is 5.34. The van der Waals surface area contributed by atoms with E-state index >= 15 is 0 Å². The molecular formula is C15H23F3N4O2S2. The molecule has 0 aliphatic carbocycles. The molecule has 0 aromatic carbocycles. The van der Waals surface area contributed by atoms with Gasteiger partial charge in [-0.3, -0.25) is 4.99 Å². The van der Waals surface area contributed by atoms with Crippen molar-refractivity contribution in [3.63, 3.8) is 0 Å². The molecule has 1 aromatic heterocycles. The maximum atomic E-state index is 12.6. The van der Waals surface area contributed by atoms with Crippen LogP contribution in [0.15, 0.2) is 17.1 Å². The van der Waals surface area contributed by atoms with Gasteiger partial charge in [-0.25, -0.2) is 8.42 Å². The van der Waals surface area contributed by atoms with Gasteiger partial charge >= 0.3 is 15.5 Å². The van der Waals surface area contributed by atoms with Gasteiger partial charge in [-0.15, -0.1) is 11.3 Å². The molecule has 0 saturated carbocycles. The molecule has 148 valence electrons. The van der Waals surface area contributed by atoms with Crippen LogP contribution in [0.3, 0.4) is 0 Å². The van der Waals surface area contributed by atoms with E-state index in [1.807, 2.05) is 19.1 Å². The predicted octanol–water partition coefficient (Wildman–Crippen LogP) is 2.28. The van der Waals surface area contributed by atoms with Crippen LogP contribution in [-0.4, -0.2) is 50.9 Å². The van der Waals surface area contributed by atoms with Crippen molar-refractivity contribution >= 4 is 27.3 Å². The Morgan fingerprint density at radius 1 is 1.31 bits per heavy atom. The lowest BCUT2D eigenvalue weighted by Gasteiger charge is -2.31. The van der Waals surface area contributed by atoms with Crippen LogP contribution >= 0.6 is 11.3 Å².